The molecule has 0 spiro atoms. The summed E-state index contributed by atoms with van der Waals surface area (Å²) in [5, 5.41) is 7.80. The van der Waals surface area contributed by atoms with E-state index in [2.05, 4.69) is 20.1 Å². The van der Waals surface area contributed by atoms with E-state index < -0.39 is 21.5 Å². The number of hydrogen-bond acceptors (Lipinski definition) is 6. The van der Waals surface area contributed by atoms with Crippen LogP contribution in [-0.4, -0.2) is 34.6 Å². The molecule has 0 fully saturated rings. The second kappa shape index (κ2) is 8.69. The lowest BCUT2D eigenvalue weighted by molar-refractivity contribution is 0.102. The first-order valence-electron chi connectivity index (χ1n) is 10.8. The molecule has 3 heterocycles. The Labute approximate surface area is 198 Å². The largest absolute Gasteiger partial charge is 0.463 e. The van der Waals surface area contributed by atoms with Crippen LogP contribution in [0, 0.1) is 0 Å². The molecule has 178 valence electrons. The summed E-state index contributed by atoms with van der Waals surface area (Å²) in [6.45, 7) is 9.24. The van der Waals surface area contributed by atoms with E-state index in [1.165, 1.54) is 18.4 Å². The number of amides is 1. The van der Waals surface area contributed by atoms with E-state index in [-0.39, 0.29) is 10.9 Å². The summed E-state index contributed by atoms with van der Waals surface area (Å²) >= 11 is 0. The Balaban J connectivity index is 1.73. The zero-order valence-corrected chi connectivity index (χ0v) is 20.5. The molecule has 0 aliphatic heterocycles. The molecule has 0 aliphatic carbocycles. The van der Waals surface area contributed by atoms with Gasteiger partial charge >= 0.3 is 0 Å². The smallest absolute Gasteiger partial charge is 0.256 e. The number of anilines is 1. The van der Waals surface area contributed by atoms with Crippen LogP contribution in [0.2, 0.25) is 0 Å². The molecule has 9 nitrogen and oxygen atoms in total. The minimum absolute atomic E-state index is 0.0324. The van der Waals surface area contributed by atoms with Gasteiger partial charge in [0.15, 0.2) is 11.4 Å². The molecule has 0 bridgehead atoms. The third-order valence-corrected chi connectivity index (χ3v) is 6.67. The Morgan fingerprint density at radius 2 is 1.88 bits per heavy atom. The first-order chi connectivity index (χ1) is 15.9. The molecular formula is C24H27N5O4S. The van der Waals surface area contributed by atoms with E-state index in [1.807, 2.05) is 13.8 Å². The van der Waals surface area contributed by atoms with E-state index in [0.29, 0.717) is 33.7 Å². The predicted octanol–water partition coefficient (Wildman–Crippen LogP) is 4.60. The zero-order chi connectivity index (χ0) is 24.7. The summed E-state index contributed by atoms with van der Waals surface area (Å²) in [5.41, 5.74) is 1.11. The van der Waals surface area contributed by atoms with Crippen LogP contribution >= 0.6 is 0 Å². The van der Waals surface area contributed by atoms with Crippen LogP contribution in [0.3, 0.4) is 0 Å². The number of hydrogen-bond donors (Lipinski definition) is 2. The van der Waals surface area contributed by atoms with Crippen molar-refractivity contribution in [1.29, 1.82) is 0 Å². The molecule has 1 aromatic carbocycles. The highest BCUT2D eigenvalue weighted by molar-refractivity contribution is 7.89. The lowest BCUT2D eigenvalue weighted by Crippen LogP contribution is -2.40. The Hall–Kier alpha value is -3.50. The van der Waals surface area contributed by atoms with Crippen molar-refractivity contribution in [2.75, 3.05) is 5.32 Å². The fraction of sp³-hybridized carbons (Fsp3) is 0.292. The predicted molar refractivity (Wildman–Crippen MR) is 130 cm³/mol. The highest BCUT2D eigenvalue weighted by atomic mass is 32.2. The molecule has 1 amide bonds. The van der Waals surface area contributed by atoms with E-state index in [9.17, 15) is 13.2 Å². The minimum Gasteiger partial charge on any atom is -0.463 e. The van der Waals surface area contributed by atoms with Crippen LogP contribution in [-0.2, 0) is 10.0 Å². The van der Waals surface area contributed by atoms with E-state index in [4.69, 9.17) is 4.42 Å². The van der Waals surface area contributed by atoms with Gasteiger partial charge in [-0.3, -0.25) is 4.79 Å². The van der Waals surface area contributed by atoms with E-state index in [1.54, 1.807) is 62.0 Å². The van der Waals surface area contributed by atoms with Gasteiger partial charge in [0, 0.05) is 17.3 Å². The maximum Gasteiger partial charge on any atom is 0.256 e. The molecule has 4 aromatic rings. The van der Waals surface area contributed by atoms with E-state index >= 15 is 0 Å². The molecular weight excluding hydrogens is 454 g/mol. The number of carbonyl (C=O) groups excluding carboxylic acids is 1. The maximum absolute atomic E-state index is 13.3. The third kappa shape index (κ3) is 4.87. The van der Waals surface area contributed by atoms with Crippen molar-refractivity contribution >= 4 is 32.7 Å². The number of benzene rings is 1. The van der Waals surface area contributed by atoms with Gasteiger partial charge in [-0.2, -0.15) is 5.10 Å². The van der Waals surface area contributed by atoms with Crippen LogP contribution in [0.15, 0.2) is 64.2 Å². The SMILES string of the molecule is CC(C)n1ncc2c(C(=O)Nc3cccc(S(=O)(=O)NC(C)(C)C)c3)cc(-c3ccco3)nc21. The van der Waals surface area contributed by atoms with Crippen LogP contribution in [0.1, 0.15) is 51.0 Å². The van der Waals surface area contributed by atoms with Gasteiger partial charge in [0.05, 0.1) is 28.3 Å². The highest BCUT2D eigenvalue weighted by Gasteiger charge is 2.23. The van der Waals surface area contributed by atoms with Crippen molar-refractivity contribution in [3.8, 4) is 11.5 Å². The Morgan fingerprint density at radius 1 is 1.12 bits per heavy atom. The molecule has 4 rings (SSSR count). The molecule has 0 atom stereocenters. The van der Waals surface area contributed by atoms with Crippen molar-refractivity contribution in [3.05, 3.63) is 60.5 Å². The fourth-order valence-corrected chi connectivity index (χ4v) is 5.00. The van der Waals surface area contributed by atoms with Crippen LogP contribution in [0.5, 0.6) is 0 Å². The average molecular weight is 482 g/mol. The summed E-state index contributed by atoms with van der Waals surface area (Å²) in [6, 6.07) is 11.3. The molecule has 0 aliphatic rings. The van der Waals surface area contributed by atoms with Crippen molar-refractivity contribution in [2.24, 2.45) is 0 Å². The molecule has 0 saturated heterocycles. The maximum atomic E-state index is 13.3. The number of nitrogens with zero attached hydrogens (tertiary/aromatic N) is 3. The Kier molecular flexibility index (Phi) is 6.05. The average Bonchev–Trinajstić information content (AvgIpc) is 3.41. The van der Waals surface area contributed by atoms with Gasteiger partial charge < -0.3 is 9.73 Å². The van der Waals surface area contributed by atoms with Gasteiger partial charge in [0.25, 0.3) is 5.91 Å². The topological polar surface area (TPSA) is 119 Å². The lowest BCUT2D eigenvalue weighted by atomic mass is 10.1. The molecule has 3 aromatic heterocycles. The lowest BCUT2D eigenvalue weighted by Gasteiger charge is -2.20. The number of carbonyl (C=O) groups is 1. The third-order valence-electron chi connectivity index (χ3n) is 4.92. The van der Waals surface area contributed by atoms with Crippen molar-refractivity contribution in [1.82, 2.24) is 19.5 Å². The van der Waals surface area contributed by atoms with Gasteiger partial charge in [-0.1, -0.05) is 6.07 Å². The molecule has 0 radical (unpaired) electrons. The fourth-order valence-electron chi connectivity index (χ4n) is 3.54. The number of sulfonamides is 1. The highest BCUT2D eigenvalue weighted by Crippen LogP contribution is 2.27. The first-order valence-corrected chi connectivity index (χ1v) is 12.3. The summed E-state index contributed by atoms with van der Waals surface area (Å²) in [7, 11) is -3.76. The monoisotopic (exact) mass is 481 g/mol. The molecule has 34 heavy (non-hydrogen) atoms. The van der Waals surface area contributed by atoms with Gasteiger partial charge in [-0.15, -0.1) is 0 Å². The Morgan fingerprint density at radius 3 is 2.53 bits per heavy atom. The summed E-state index contributed by atoms with van der Waals surface area (Å²) in [6.07, 6.45) is 3.15. The standard InChI is InChI=1S/C24H27N5O4S/c1-15(2)29-22-19(14-25-29)18(13-20(27-22)21-10-7-11-33-21)23(30)26-16-8-6-9-17(12-16)34(31,32)28-24(3,4)5/h6-15,28H,1-5H3,(H,26,30). The number of rotatable bonds is 6. The molecule has 0 unspecified atom stereocenters. The normalized spacial score (nSPS) is 12.4. The molecule has 10 heteroatoms. The van der Waals surface area contributed by atoms with Crippen LogP contribution < -0.4 is 10.0 Å². The van der Waals surface area contributed by atoms with Crippen molar-refractivity contribution in [3.63, 3.8) is 0 Å². The summed E-state index contributed by atoms with van der Waals surface area (Å²) in [4.78, 5) is 18.1. The van der Waals surface area contributed by atoms with Crippen LogP contribution in [0.25, 0.3) is 22.5 Å². The van der Waals surface area contributed by atoms with Gasteiger partial charge in [-0.05, 0) is 71.0 Å². The first kappa shape index (κ1) is 23.7. The van der Waals surface area contributed by atoms with Crippen molar-refractivity contribution < 1.29 is 17.6 Å². The Bertz CT molecular complexity index is 1450. The van der Waals surface area contributed by atoms with Gasteiger partial charge in [-0.25, -0.2) is 22.8 Å². The molecule has 2 N–H and O–H groups in total. The van der Waals surface area contributed by atoms with Crippen molar-refractivity contribution in [2.45, 2.75) is 51.1 Å². The number of furan rings is 1. The van der Waals surface area contributed by atoms with Gasteiger partial charge in [0.1, 0.15) is 5.69 Å². The molecule has 0 saturated carbocycles. The second-order valence-corrected chi connectivity index (χ2v) is 11.0. The summed E-state index contributed by atoms with van der Waals surface area (Å²) < 4.78 is 35.3. The number of pyridine rings is 1. The second-order valence-electron chi connectivity index (χ2n) is 9.29. The quantitative estimate of drug-likeness (QED) is 0.415. The van der Waals surface area contributed by atoms with Gasteiger partial charge in [0.2, 0.25) is 10.0 Å². The number of fused-ring (bicyclic) bond motifs is 1. The zero-order valence-electron chi connectivity index (χ0n) is 19.7. The number of nitrogens with one attached hydrogen (secondary N) is 2. The number of aromatic nitrogens is 3. The summed E-state index contributed by atoms with van der Waals surface area (Å²) in [5.74, 6) is 0.107. The van der Waals surface area contributed by atoms with Crippen LogP contribution in [0.4, 0.5) is 5.69 Å². The minimum atomic E-state index is -3.76. The van der Waals surface area contributed by atoms with E-state index in [0.717, 1.165) is 0 Å².